The number of aliphatic hydroxyl groups is 1. The van der Waals surface area contributed by atoms with E-state index >= 15 is 0 Å². The van der Waals surface area contributed by atoms with Crippen molar-refractivity contribution in [1.82, 2.24) is 4.90 Å². The Bertz CT molecular complexity index is 991. The minimum absolute atomic E-state index is 0.0110. The molecule has 1 aromatic rings. The van der Waals surface area contributed by atoms with E-state index < -0.39 is 18.1 Å². The van der Waals surface area contributed by atoms with Crippen molar-refractivity contribution in [3.8, 4) is 11.8 Å². The molecule has 34 heavy (non-hydrogen) atoms. The molecule has 2 heterocycles. The van der Waals surface area contributed by atoms with Gasteiger partial charge in [-0.15, -0.1) is 11.3 Å². The number of aromatic carboxylic acids is 1. The van der Waals surface area contributed by atoms with Gasteiger partial charge >= 0.3 is 5.97 Å². The third kappa shape index (κ3) is 6.19. The van der Waals surface area contributed by atoms with E-state index in [2.05, 4.69) is 18.8 Å². The summed E-state index contributed by atoms with van der Waals surface area (Å²) in [5.74, 6) is 4.84. The van der Waals surface area contributed by atoms with Gasteiger partial charge in [0, 0.05) is 24.4 Å². The first kappa shape index (κ1) is 26.2. The maximum absolute atomic E-state index is 13.8. The van der Waals surface area contributed by atoms with E-state index in [-0.39, 0.29) is 40.3 Å². The number of carbonyl (C=O) groups is 3. The minimum Gasteiger partial charge on any atom is -0.477 e. The van der Waals surface area contributed by atoms with Gasteiger partial charge in [-0.25, -0.2) is 4.79 Å². The average Bonchev–Trinajstić information content (AvgIpc) is 3.38. The molecule has 1 saturated heterocycles. The number of likely N-dealkylation sites (tertiary alicyclic amines) is 1. The van der Waals surface area contributed by atoms with E-state index in [0.717, 1.165) is 37.0 Å². The molecule has 1 aliphatic carbocycles. The quantitative estimate of drug-likeness (QED) is 0.611. The Morgan fingerprint density at radius 2 is 1.82 bits per heavy atom. The van der Waals surface area contributed by atoms with Crippen LogP contribution in [0.2, 0.25) is 0 Å². The SMILES string of the molecule is C[C@@H](C(=O)N1CC[C@H](O)C1)N(c1cc(C#CC(C)(C)C)sc1C(=O)O)C(=O)[C@H]1CC[C@H](C)CC1. The molecule has 1 aliphatic heterocycles. The Labute approximate surface area is 206 Å². The van der Waals surface area contributed by atoms with Gasteiger partial charge < -0.3 is 15.1 Å². The molecule has 0 spiro atoms. The number of hydrogen-bond donors (Lipinski definition) is 2. The molecule has 2 N–H and O–H groups in total. The number of thiophene rings is 1. The maximum Gasteiger partial charge on any atom is 0.348 e. The Balaban J connectivity index is 2.02. The first-order valence-corrected chi connectivity index (χ1v) is 12.9. The highest BCUT2D eigenvalue weighted by Crippen LogP contribution is 2.36. The molecular formula is C26H36N2O5S. The van der Waals surface area contributed by atoms with Crippen molar-refractivity contribution in [2.24, 2.45) is 17.3 Å². The number of nitrogens with zero attached hydrogens (tertiary/aromatic N) is 2. The van der Waals surface area contributed by atoms with Gasteiger partial charge in [-0.3, -0.25) is 14.5 Å². The van der Waals surface area contributed by atoms with Crippen LogP contribution in [0.3, 0.4) is 0 Å². The molecule has 0 aromatic carbocycles. The second kappa shape index (κ2) is 10.5. The highest BCUT2D eigenvalue weighted by molar-refractivity contribution is 7.15. The van der Waals surface area contributed by atoms with Gasteiger partial charge in [-0.1, -0.05) is 18.8 Å². The van der Waals surface area contributed by atoms with Crippen LogP contribution in [-0.4, -0.2) is 58.1 Å². The molecule has 3 rings (SSSR count). The minimum atomic E-state index is -1.14. The van der Waals surface area contributed by atoms with Crippen LogP contribution in [0.15, 0.2) is 6.07 Å². The number of aliphatic hydroxyl groups excluding tert-OH is 1. The molecule has 8 heteroatoms. The number of anilines is 1. The Hall–Kier alpha value is -2.37. The van der Waals surface area contributed by atoms with Gasteiger partial charge in [0.2, 0.25) is 11.8 Å². The predicted molar refractivity (Wildman–Crippen MR) is 133 cm³/mol. The summed E-state index contributed by atoms with van der Waals surface area (Å²) in [6.07, 6.45) is 3.24. The van der Waals surface area contributed by atoms with Crippen molar-refractivity contribution in [1.29, 1.82) is 0 Å². The van der Waals surface area contributed by atoms with Crippen molar-refractivity contribution in [3.63, 3.8) is 0 Å². The van der Waals surface area contributed by atoms with Crippen molar-refractivity contribution < 1.29 is 24.6 Å². The highest BCUT2D eigenvalue weighted by atomic mass is 32.1. The first-order valence-electron chi connectivity index (χ1n) is 12.1. The number of β-amino-alcohol motifs (C(OH)–C–C–N with tert-alkyl or cyclic N) is 1. The second-order valence-electron chi connectivity index (χ2n) is 10.7. The molecule has 1 aromatic heterocycles. The molecule has 1 saturated carbocycles. The van der Waals surface area contributed by atoms with Crippen molar-refractivity contribution in [2.45, 2.75) is 78.9 Å². The number of rotatable bonds is 5. The van der Waals surface area contributed by atoms with Crippen molar-refractivity contribution in [3.05, 3.63) is 15.8 Å². The Morgan fingerprint density at radius 1 is 1.18 bits per heavy atom. The molecule has 0 radical (unpaired) electrons. The number of carboxylic acids is 1. The van der Waals surface area contributed by atoms with Crippen LogP contribution < -0.4 is 4.90 Å². The van der Waals surface area contributed by atoms with Crippen LogP contribution in [0.1, 0.15) is 81.3 Å². The molecule has 0 bridgehead atoms. The summed E-state index contributed by atoms with van der Waals surface area (Å²) in [7, 11) is 0. The Kier molecular flexibility index (Phi) is 8.10. The van der Waals surface area contributed by atoms with Gasteiger partial charge in [0.1, 0.15) is 10.9 Å². The van der Waals surface area contributed by atoms with E-state index in [1.54, 1.807) is 17.9 Å². The molecule has 2 amide bonds. The van der Waals surface area contributed by atoms with Crippen LogP contribution in [0.4, 0.5) is 5.69 Å². The summed E-state index contributed by atoms with van der Waals surface area (Å²) >= 11 is 1.03. The lowest BCUT2D eigenvalue weighted by Crippen LogP contribution is -2.51. The predicted octanol–water partition coefficient (Wildman–Crippen LogP) is 3.98. The number of amides is 2. The second-order valence-corrected chi connectivity index (χ2v) is 11.8. The van der Waals surface area contributed by atoms with Gasteiger partial charge in [0.05, 0.1) is 16.7 Å². The zero-order valence-electron chi connectivity index (χ0n) is 20.8. The average molecular weight is 489 g/mol. The van der Waals surface area contributed by atoms with Crippen LogP contribution in [0.5, 0.6) is 0 Å². The van der Waals surface area contributed by atoms with Crippen molar-refractivity contribution >= 4 is 34.8 Å². The topological polar surface area (TPSA) is 98.2 Å². The van der Waals surface area contributed by atoms with Gasteiger partial charge in [-0.2, -0.15) is 0 Å². The summed E-state index contributed by atoms with van der Waals surface area (Å²) < 4.78 is 0. The molecule has 0 unspecified atom stereocenters. The first-order chi connectivity index (χ1) is 15.9. The standard InChI is InChI=1S/C26H36N2O5S/c1-16-6-8-18(9-7-16)24(31)28(17(2)23(30)27-13-11-19(29)15-27)21-14-20(10-12-26(3,4)5)34-22(21)25(32)33/h14,16-19,29H,6-9,11,13,15H2,1-5H3,(H,32,33)/t16-,17-,18-,19-/m0/s1. The summed E-state index contributed by atoms with van der Waals surface area (Å²) in [6, 6.07) is 0.756. The molecular weight excluding hydrogens is 452 g/mol. The fraction of sp³-hybridized carbons (Fsp3) is 0.654. The molecule has 7 nitrogen and oxygen atoms in total. The van der Waals surface area contributed by atoms with Crippen LogP contribution in [-0.2, 0) is 9.59 Å². The summed E-state index contributed by atoms with van der Waals surface area (Å²) in [6.45, 7) is 10.4. The van der Waals surface area contributed by atoms with Crippen LogP contribution in [0.25, 0.3) is 0 Å². The number of hydrogen-bond acceptors (Lipinski definition) is 5. The smallest absolute Gasteiger partial charge is 0.348 e. The van der Waals surface area contributed by atoms with Crippen LogP contribution in [0, 0.1) is 29.1 Å². The third-order valence-corrected chi connectivity index (χ3v) is 7.58. The lowest BCUT2D eigenvalue weighted by Gasteiger charge is -2.35. The lowest BCUT2D eigenvalue weighted by atomic mass is 9.82. The van der Waals surface area contributed by atoms with Crippen LogP contribution >= 0.6 is 11.3 Å². The fourth-order valence-electron chi connectivity index (χ4n) is 4.56. The molecule has 186 valence electrons. The van der Waals surface area contributed by atoms with Gasteiger partial charge in [-0.05, 0) is 71.8 Å². The van der Waals surface area contributed by atoms with Gasteiger partial charge in [0.15, 0.2) is 0 Å². The normalized spacial score (nSPS) is 23.7. The highest BCUT2D eigenvalue weighted by Gasteiger charge is 2.39. The van der Waals surface area contributed by atoms with Crippen molar-refractivity contribution in [2.75, 3.05) is 18.0 Å². The number of carboxylic acid groups (broad SMARTS) is 1. The van der Waals surface area contributed by atoms with E-state index in [9.17, 15) is 24.6 Å². The zero-order chi connectivity index (χ0) is 25.2. The molecule has 2 atom stereocenters. The van der Waals surface area contributed by atoms with E-state index in [1.807, 2.05) is 20.8 Å². The lowest BCUT2D eigenvalue weighted by molar-refractivity contribution is -0.134. The zero-order valence-corrected chi connectivity index (χ0v) is 21.6. The summed E-state index contributed by atoms with van der Waals surface area (Å²) in [5.41, 5.74) is -0.0262. The largest absolute Gasteiger partial charge is 0.477 e. The van der Waals surface area contributed by atoms with E-state index in [4.69, 9.17) is 0 Å². The summed E-state index contributed by atoms with van der Waals surface area (Å²) in [5, 5.41) is 19.8. The Morgan fingerprint density at radius 3 is 2.35 bits per heavy atom. The fourth-order valence-corrected chi connectivity index (χ4v) is 5.40. The number of carbonyl (C=O) groups excluding carboxylic acids is 2. The third-order valence-electron chi connectivity index (χ3n) is 6.55. The molecule has 2 fully saturated rings. The maximum atomic E-state index is 13.8. The van der Waals surface area contributed by atoms with Gasteiger partial charge in [0.25, 0.3) is 0 Å². The van der Waals surface area contributed by atoms with E-state index in [0.29, 0.717) is 23.8 Å². The van der Waals surface area contributed by atoms with E-state index in [1.165, 1.54) is 4.90 Å². The molecule has 2 aliphatic rings. The monoisotopic (exact) mass is 488 g/mol. The summed E-state index contributed by atoms with van der Waals surface area (Å²) in [4.78, 5) is 42.8.